The molecule has 2 aliphatic carbocycles. The predicted octanol–water partition coefficient (Wildman–Crippen LogP) is 7.15. The number of methoxy groups -OCH3 is 2. The fraction of sp³-hybridized carbons (Fsp3) is 0.567. The monoisotopic (exact) mass is 477 g/mol. The molecule has 0 unspecified atom stereocenters. The van der Waals surface area contributed by atoms with Crippen molar-refractivity contribution in [2.24, 2.45) is 5.92 Å². The zero-order valence-corrected chi connectivity index (χ0v) is 21.2. The molecule has 1 N–H and O–H groups in total. The molecular formula is C30H39NO4. The van der Waals surface area contributed by atoms with E-state index in [1.165, 1.54) is 50.5 Å². The van der Waals surface area contributed by atoms with Gasteiger partial charge in [-0.3, -0.25) is 4.79 Å². The second-order valence-electron chi connectivity index (χ2n) is 10.5. The SMILES string of the molecule is COc1ccc(OC)c2c1[C@H](c1cccc(NC(=O)CCC3CCCCC3)c1)O[C@@H]1CCCC[C@@H]21. The van der Waals surface area contributed by atoms with Crippen molar-refractivity contribution in [3.63, 3.8) is 0 Å². The van der Waals surface area contributed by atoms with Gasteiger partial charge in [-0.25, -0.2) is 0 Å². The maximum Gasteiger partial charge on any atom is 0.224 e. The summed E-state index contributed by atoms with van der Waals surface area (Å²) in [6.45, 7) is 0. The summed E-state index contributed by atoms with van der Waals surface area (Å²) in [5, 5.41) is 3.14. The quantitative estimate of drug-likeness (QED) is 0.460. The maximum atomic E-state index is 12.7. The number of fused-ring (bicyclic) bond motifs is 3. The molecule has 5 rings (SSSR count). The largest absolute Gasteiger partial charge is 0.496 e. The van der Waals surface area contributed by atoms with E-state index in [0.29, 0.717) is 18.3 Å². The molecule has 0 aromatic heterocycles. The normalized spacial score (nSPS) is 24.2. The smallest absolute Gasteiger partial charge is 0.224 e. The first-order valence-electron chi connectivity index (χ1n) is 13.5. The van der Waals surface area contributed by atoms with E-state index in [4.69, 9.17) is 14.2 Å². The standard InChI is InChI=1S/C30H39NO4/c1-33-25-16-17-26(34-2)29-28(25)23-13-6-7-14-24(23)35-30(29)21-11-8-12-22(19-21)31-27(32)18-15-20-9-4-3-5-10-20/h8,11-12,16-17,19-20,23-24,30H,3-7,9-10,13-15,18H2,1-2H3,(H,31,32)/t23-,24-,30+/m1/s1. The first-order valence-corrected chi connectivity index (χ1v) is 13.5. The zero-order chi connectivity index (χ0) is 24.2. The molecule has 2 fully saturated rings. The summed E-state index contributed by atoms with van der Waals surface area (Å²) in [6, 6.07) is 12.1. The summed E-state index contributed by atoms with van der Waals surface area (Å²) in [5.74, 6) is 2.88. The lowest BCUT2D eigenvalue weighted by Gasteiger charge is -2.42. The molecule has 1 heterocycles. The van der Waals surface area contributed by atoms with Gasteiger partial charge < -0.3 is 19.5 Å². The lowest BCUT2D eigenvalue weighted by Crippen LogP contribution is -2.34. The van der Waals surface area contributed by atoms with Crippen LogP contribution in [0.1, 0.15) is 99.3 Å². The van der Waals surface area contributed by atoms with Gasteiger partial charge in [-0.05, 0) is 55.0 Å². The Bertz CT molecular complexity index is 1030. The van der Waals surface area contributed by atoms with E-state index < -0.39 is 0 Å². The van der Waals surface area contributed by atoms with Gasteiger partial charge in [-0.2, -0.15) is 0 Å². The minimum atomic E-state index is -0.256. The van der Waals surface area contributed by atoms with Crippen molar-refractivity contribution in [1.82, 2.24) is 0 Å². The Hall–Kier alpha value is -2.53. The molecule has 3 aliphatic rings. The molecule has 188 valence electrons. The van der Waals surface area contributed by atoms with Crippen LogP contribution in [-0.4, -0.2) is 26.2 Å². The summed E-state index contributed by atoms with van der Waals surface area (Å²) in [6.07, 6.45) is 12.6. The second-order valence-corrected chi connectivity index (χ2v) is 10.5. The Labute approximate surface area is 209 Å². The Morgan fingerprint density at radius 1 is 0.914 bits per heavy atom. The fourth-order valence-electron chi connectivity index (χ4n) is 6.50. The van der Waals surface area contributed by atoms with Gasteiger partial charge in [0.2, 0.25) is 5.91 Å². The summed E-state index contributed by atoms with van der Waals surface area (Å²) >= 11 is 0. The molecule has 2 aromatic carbocycles. The van der Waals surface area contributed by atoms with Crippen LogP contribution in [0.15, 0.2) is 36.4 Å². The van der Waals surface area contributed by atoms with Gasteiger partial charge in [-0.15, -0.1) is 0 Å². The van der Waals surface area contributed by atoms with Crippen molar-refractivity contribution in [2.45, 2.75) is 88.8 Å². The lowest BCUT2D eigenvalue weighted by molar-refractivity contribution is -0.116. The third kappa shape index (κ3) is 5.20. The average molecular weight is 478 g/mol. The number of anilines is 1. The van der Waals surface area contributed by atoms with E-state index in [2.05, 4.69) is 17.4 Å². The van der Waals surface area contributed by atoms with E-state index in [1.807, 2.05) is 24.3 Å². The molecule has 1 amide bonds. The molecule has 2 aromatic rings. The highest BCUT2D eigenvalue weighted by Gasteiger charge is 2.41. The minimum absolute atomic E-state index is 0.101. The van der Waals surface area contributed by atoms with E-state index in [-0.39, 0.29) is 18.1 Å². The third-order valence-corrected chi connectivity index (χ3v) is 8.27. The van der Waals surface area contributed by atoms with Crippen LogP contribution in [0.5, 0.6) is 11.5 Å². The van der Waals surface area contributed by atoms with E-state index in [0.717, 1.165) is 47.6 Å². The highest BCUT2D eigenvalue weighted by Crippen LogP contribution is 2.53. The fourth-order valence-corrected chi connectivity index (χ4v) is 6.50. The second kappa shape index (κ2) is 11.0. The maximum absolute atomic E-state index is 12.7. The van der Waals surface area contributed by atoms with Crippen molar-refractivity contribution in [3.05, 3.63) is 53.1 Å². The highest BCUT2D eigenvalue weighted by atomic mass is 16.5. The van der Waals surface area contributed by atoms with Crippen LogP contribution < -0.4 is 14.8 Å². The minimum Gasteiger partial charge on any atom is -0.496 e. The van der Waals surface area contributed by atoms with E-state index >= 15 is 0 Å². The number of hydrogen-bond acceptors (Lipinski definition) is 4. The topological polar surface area (TPSA) is 56.8 Å². The number of carbonyl (C=O) groups is 1. The Kier molecular flexibility index (Phi) is 7.62. The number of rotatable bonds is 7. The Balaban J connectivity index is 1.40. The van der Waals surface area contributed by atoms with Gasteiger partial charge >= 0.3 is 0 Å². The van der Waals surface area contributed by atoms with Crippen LogP contribution in [0.2, 0.25) is 0 Å². The van der Waals surface area contributed by atoms with Crippen LogP contribution >= 0.6 is 0 Å². The number of ether oxygens (including phenoxy) is 3. The molecule has 0 bridgehead atoms. The third-order valence-electron chi connectivity index (χ3n) is 8.27. The van der Waals surface area contributed by atoms with Gasteiger partial charge in [0.25, 0.3) is 0 Å². The summed E-state index contributed by atoms with van der Waals surface area (Å²) in [7, 11) is 3.46. The first-order chi connectivity index (χ1) is 17.2. The van der Waals surface area contributed by atoms with Gasteiger partial charge in [0, 0.05) is 29.2 Å². The first kappa shape index (κ1) is 24.2. The summed E-state index contributed by atoms with van der Waals surface area (Å²) < 4.78 is 18.4. The van der Waals surface area contributed by atoms with E-state index in [1.54, 1.807) is 14.2 Å². The lowest BCUT2D eigenvalue weighted by atomic mass is 9.75. The van der Waals surface area contributed by atoms with Gasteiger partial charge in [0.1, 0.15) is 17.6 Å². The molecule has 35 heavy (non-hydrogen) atoms. The predicted molar refractivity (Wildman–Crippen MR) is 138 cm³/mol. The van der Waals surface area contributed by atoms with Gasteiger partial charge in [0.15, 0.2) is 0 Å². The Morgan fingerprint density at radius 2 is 1.63 bits per heavy atom. The molecule has 3 atom stereocenters. The van der Waals surface area contributed by atoms with Gasteiger partial charge in [0.05, 0.1) is 20.3 Å². The number of nitrogens with one attached hydrogen (secondary N) is 1. The number of hydrogen-bond donors (Lipinski definition) is 1. The van der Waals surface area contributed by atoms with Crippen molar-refractivity contribution >= 4 is 11.6 Å². The van der Waals surface area contributed by atoms with Crippen LogP contribution in [0.3, 0.4) is 0 Å². The molecule has 0 radical (unpaired) electrons. The van der Waals surface area contributed by atoms with Gasteiger partial charge in [-0.1, -0.05) is 57.1 Å². The number of carbonyl (C=O) groups excluding carboxylic acids is 1. The summed E-state index contributed by atoms with van der Waals surface area (Å²) in [5.41, 5.74) is 4.16. The molecule has 1 aliphatic heterocycles. The molecule has 0 spiro atoms. The number of amides is 1. The van der Waals surface area contributed by atoms with E-state index in [9.17, 15) is 4.79 Å². The van der Waals surface area contributed by atoms with Crippen LogP contribution in [0.25, 0.3) is 0 Å². The molecule has 0 saturated heterocycles. The van der Waals surface area contributed by atoms with Crippen molar-refractivity contribution < 1.29 is 19.0 Å². The Morgan fingerprint density at radius 3 is 2.40 bits per heavy atom. The molecular weight excluding hydrogens is 438 g/mol. The summed E-state index contributed by atoms with van der Waals surface area (Å²) in [4.78, 5) is 12.7. The highest BCUT2D eigenvalue weighted by molar-refractivity contribution is 5.90. The molecule has 5 heteroatoms. The number of benzene rings is 2. The van der Waals surface area contributed by atoms with Crippen molar-refractivity contribution in [3.8, 4) is 11.5 Å². The average Bonchev–Trinajstić information content (AvgIpc) is 2.91. The molecule has 5 nitrogen and oxygen atoms in total. The van der Waals surface area contributed by atoms with Crippen LogP contribution in [-0.2, 0) is 9.53 Å². The molecule has 2 saturated carbocycles. The van der Waals surface area contributed by atoms with Crippen LogP contribution in [0, 0.1) is 5.92 Å². The van der Waals surface area contributed by atoms with Crippen molar-refractivity contribution in [1.29, 1.82) is 0 Å². The van der Waals surface area contributed by atoms with Crippen molar-refractivity contribution in [2.75, 3.05) is 19.5 Å². The van der Waals surface area contributed by atoms with Crippen LogP contribution in [0.4, 0.5) is 5.69 Å². The zero-order valence-electron chi connectivity index (χ0n) is 21.2.